The summed E-state index contributed by atoms with van der Waals surface area (Å²) in [7, 11) is 0. The summed E-state index contributed by atoms with van der Waals surface area (Å²) in [5.74, 6) is 6.09. The largest absolute Gasteiger partial charge is 0.0654 e. The lowest BCUT2D eigenvalue weighted by Crippen LogP contribution is -2.52. The van der Waals surface area contributed by atoms with Crippen molar-refractivity contribution in [2.45, 2.75) is 119 Å². The Balaban J connectivity index is 1.84. The van der Waals surface area contributed by atoms with E-state index in [1.807, 2.05) is 0 Å². The van der Waals surface area contributed by atoms with Gasteiger partial charge in [-0.3, -0.25) is 0 Å². The van der Waals surface area contributed by atoms with E-state index in [0.29, 0.717) is 10.8 Å². The van der Waals surface area contributed by atoms with Gasteiger partial charge in [-0.2, -0.15) is 0 Å². The Morgan fingerprint density at radius 1 is 0.885 bits per heavy atom. The Hall–Kier alpha value is 0. The van der Waals surface area contributed by atoms with E-state index < -0.39 is 0 Å². The summed E-state index contributed by atoms with van der Waals surface area (Å²) in [6.45, 7) is 15.2. The second-order valence-electron chi connectivity index (χ2n) is 11.2. The number of rotatable bonds is 7. The fourth-order valence-corrected chi connectivity index (χ4v) is 8.56. The Kier molecular flexibility index (Phi) is 6.51. The van der Waals surface area contributed by atoms with Crippen molar-refractivity contribution < 1.29 is 0 Å². The van der Waals surface area contributed by atoms with Crippen LogP contribution in [0.4, 0.5) is 0 Å². The molecule has 7 unspecified atom stereocenters. The van der Waals surface area contributed by atoms with Crippen molar-refractivity contribution in [3.63, 3.8) is 0 Å². The third-order valence-corrected chi connectivity index (χ3v) is 10.2. The first-order chi connectivity index (χ1) is 12.4. The smallest absolute Gasteiger partial charge is 0.0264 e. The van der Waals surface area contributed by atoms with Crippen LogP contribution in [0.3, 0.4) is 0 Å². The maximum Gasteiger partial charge on any atom is -0.0264 e. The molecule has 0 amide bonds. The van der Waals surface area contributed by atoms with E-state index in [9.17, 15) is 0 Å². The van der Waals surface area contributed by atoms with Crippen molar-refractivity contribution in [2.24, 2.45) is 46.3 Å². The lowest BCUT2D eigenvalue weighted by Gasteiger charge is -2.60. The molecule has 0 bridgehead atoms. The Bertz CT molecular complexity index is 453. The van der Waals surface area contributed by atoms with E-state index in [1.165, 1.54) is 57.8 Å². The molecule has 0 aromatic heterocycles. The van der Waals surface area contributed by atoms with Crippen molar-refractivity contribution in [3.8, 4) is 0 Å². The topological polar surface area (TPSA) is 0 Å². The van der Waals surface area contributed by atoms with Crippen LogP contribution < -0.4 is 0 Å². The highest BCUT2D eigenvalue weighted by atomic mass is 14.6. The highest BCUT2D eigenvalue weighted by molar-refractivity contribution is 5.08. The highest BCUT2D eigenvalue weighted by Crippen LogP contribution is 2.67. The lowest BCUT2D eigenvalue weighted by atomic mass is 9.45. The van der Waals surface area contributed by atoms with Crippen LogP contribution in [0.1, 0.15) is 119 Å². The van der Waals surface area contributed by atoms with E-state index in [1.54, 1.807) is 19.3 Å². The molecule has 3 rings (SSSR count). The van der Waals surface area contributed by atoms with Gasteiger partial charge in [0, 0.05) is 0 Å². The first-order valence-corrected chi connectivity index (χ1v) is 12.4. The molecular formula is C26H48. The summed E-state index contributed by atoms with van der Waals surface area (Å²) < 4.78 is 0. The zero-order valence-electron chi connectivity index (χ0n) is 18.9. The van der Waals surface area contributed by atoms with Gasteiger partial charge >= 0.3 is 0 Å². The normalized spacial score (nSPS) is 46.6. The van der Waals surface area contributed by atoms with Crippen LogP contribution in [0, 0.1) is 46.3 Å². The van der Waals surface area contributed by atoms with Gasteiger partial charge in [0.25, 0.3) is 0 Å². The Morgan fingerprint density at radius 2 is 1.65 bits per heavy atom. The van der Waals surface area contributed by atoms with E-state index >= 15 is 0 Å². The molecule has 3 saturated carbocycles. The summed E-state index contributed by atoms with van der Waals surface area (Å²) >= 11 is 0. The molecule has 0 nitrogen and oxygen atoms in total. The molecule has 3 aliphatic carbocycles. The zero-order valence-corrected chi connectivity index (χ0v) is 18.9. The van der Waals surface area contributed by atoms with Gasteiger partial charge < -0.3 is 0 Å². The fraction of sp³-hybridized carbons (Fsp3) is 1.00. The van der Waals surface area contributed by atoms with Crippen LogP contribution in [-0.4, -0.2) is 0 Å². The maximum absolute atomic E-state index is 2.74. The number of hydrogen-bond acceptors (Lipinski definition) is 0. The van der Waals surface area contributed by atoms with Crippen LogP contribution in [0.5, 0.6) is 0 Å². The van der Waals surface area contributed by atoms with E-state index in [0.717, 1.165) is 35.5 Å². The first-order valence-electron chi connectivity index (χ1n) is 12.4. The van der Waals surface area contributed by atoms with Gasteiger partial charge in [0.15, 0.2) is 0 Å². The van der Waals surface area contributed by atoms with Crippen LogP contribution in [0.25, 0.3) is 0 Å². The summed E-state index contributed by atoms with van der Waals surface area (Å²) in [4.78, 5) is 0. The fourth-order valence-electron chi connectivity index (χ4n) is 8.56. The quantitative estimate of drug-likeness (QED) is 0.427. The van der Waals surface area contributed by atoms with Crippen molar-refractivity contribution in [1.29, 1.82) is 0 Å². The molecule has 0 heterocycles. The summed E-state index contributed by atoms with van der Waals surface area (Å²) in [5.41, 5.74) is 1.31. The Labute approximate surface area is 165 Å². The lowest BCUT2D eigenvalue weighted by molar-refractivity contribution is -0.106. The molecule has 3 aliphatic rings. The van der Waals surface area contributed by atoms with Gasteiger partial charge in [-0.1, -0.05) is 73.6 Å². The monoisotopic (exact) mass is 360 g/mol. The molecule has 26 heavy (non-hydrogen) atoms. The average molecular weight is 361 g/mol. The van der Waals surface area contributed by atoms with Gasteiger partial charge in [-0.05, 0) is 91.3 Å². The van der Waals surface area contributed by atoms with E-state index in [-0.39, 0.29) is 0 Å². The van der Waals surface area contributed by atoms with Crippen molar-refractivity contribution >= 4 is 0 Å². The molecule has 0 saturated heterocycles. The molecule has 0 radical (unpaired) electrons. The van der Waals surface area contributed by atoms with Crippen LogP contribution in [-0.2, 0) is 0 Å². The van der Waals surface area contributed by atoms with Crippen LogP contribution in [0.2, 0.25) is 0 Å². The summed E-state index contributed by atoms with van der Waals surface area (Å²) in [6.07, 6.45) is 17.9. The summed E-state index contributed by atoms with van der Waals surface area (Å²) in [5, 5.41) is 0. The van der Waals surface area contributed by atoms with Crippen molar-refractivity contribution in [2.75, 3.05) is 0 Å². The third-order valence-electron chi connectivity index (χ3n) is 10.2. The predicted octanol–water partition coefficient (Wildman–Crippen LogP) is 8.50. The molecule has 0 aliphatic heterocycles. The number of hydrogen-bond donors (Lipinski definition) is 0. The molecule has 0 spiro atoms. The number of unbranched alkanes of at least 4 members (excludes halogenated alkanes) is 1. The maximum atomic E-state index is 2.74. The van der Waals surface area contributed by atoms with Gasteiger partial charge in [-0.15, -0.1) is 0 Å². The summed E-state index contributed by atoms with van der Waals surface area (Å²) in [6, 6.07) is 0. The first kappa shape index (κ1) is 20.7. The molecule has 8 atom stereocenters. The molecule has 0 heteroatoms. The second kappa shape index (κ2) is 8.16. The molecule has 0 aromatic rings. The van der Waals surface area contributed by atoms with Crippen LogP contribution >= 0.6 is 0 Å². The molecular weight excluding hydrogens is 312 g/mol. The second-order valence-corrected chi connectivity index (χ2v) is 11.2. The van der Waals surface area contributed by atoms with Crippen molar-refractivity contribution in [3.05, 3.63) is 0 Å². The van der Waals surface area contributed by atoms with E-state index in [2.05, 4.69) is 41.5 Å². The minimum absolute atomic E-state index is 0.644. The standard InChI is InChI=1S/C26H48/c1-7-10-17-25(5)20(11-8-2)12-13-21-23-15-14-22(19(4)9-3)26(23,6)18-16-24(21)25/h19-24H,7-18H2,1-6H3/t19?,20?,21?,22-,23?,24?,25?,26?/m1/s1. The third kappa shape index (κ3) is 3.30. The van der Waals surface area contributed by atoms with Crippen LogP contribution in [0.15, 0.2) is 0 Å². The zero-order chi connectivity index (χ0) is 18.9. The molecule has 3 fully saturated rings. The van der Waals surface area contributed by atoms with Gasteiger partial charge in [-0.25, -0.2) is 0 Å². The predicted molar refractivity (Wildman–Crippen MR) is 115 cm³/mol. The molecule has 152 valence electrons. The van der Waals surface area contributed by atoms with E-state index in [4.69, 9.17) is 0 Å². The molecule has 0 aromatic carbocycles. The minimum Gasteiger partial charge on any atom is -0.0654 e. The van der Waals surface area contributed by atoms with Gasteiger partial charge in [0.05, 0.1) is 0 Å². The Morgan fingerprint density at radius 3 is 2.31 bits per heavy atom. The van der Waals surface area contributed by atoms with Gasteiger partial charge in [0.1, 0.15) is 0 Å². The van der Waals surface area contributed by atoms with Gasteiger partial charge in [0.2, 0.25) is 0 Å². The molecule has 0 N–H and O–H groups in total. The number of fused-ring (bicyclic) bond motifs is 3. The SMILES string of the molecule is CCCCC1(C)C(CCC)CCC2C1CCC1(C)C2CC[C@@H]1C(C)CC. The highest BCUT2D eigenvalue weighted by Gasteiger charge is 2.59. The van der Waals surface area contributed by atoms with Crippen molar-refractivity contribution in [1.82, 2.24) is 0 Å². The average Bonchev–Trinajstić information content (AvgIpc) is 2.99. The minimum atomic E-state index is 0.644.